The number of hydrogen-bond acceptors (Lipinski definition) is 1. The number of carboxylic acids is 1. The zero-order chi connectivity index (χ0) is 8.53. The molecule has 0 aromatic carbocycles. The summed E-state index contributed by atoms with van der Waals surface area (Å²) in [5, 5.41) is 8.32. The standard InChI is InChI=1S/C9H18O2.Mn/c1-2-3-4-5-6-7-8-9(10)11;/h2-8H2,1H3,(H,10,11);. The van der Waals surface area contributed by atoms with Crippen LogP contribution in [0.2, 0.25) is 0 Å². The summed E-state index contributed by atoms with van der Waals surface area (Å²) in [6.45, 7) is 2.18. The van der Waals surface area contributed by atoms with E-state index < -0.39 is 5.97 Å². The second kappa shape index (κ2) is 11.0. The van der Waals surface area contributed by atoms with Crippen molar-refractivity contribution < 1.29 is 27.0 Å². The van der Waals surface area contributed by atoms with Gasteiger partial charge in [0.05, 0.1) is 0 Å². The molecule has 1 radical (unpaired) electrons. The number of rotatable bonds is 7. The molecule has 0 fully saturated rings. The first-order valence-corrected chi connectivity index (χ1v) is 4.49. The second-order valence-electron chi connectivity index (χ2n) is 2.91. The van der Waals surface area contributed by atoms with Crippen molar-refractivity contribution in [2.24, 2.45) is 0 Å². The van der Waals surface area contributed by atoms with Crippen LogP contribution in [-0.4, -0.2) is 11.1 Å². The number of hydrogen-bond donors (Lipinski definition) is 1. The van der Waals surface area contributed by atoms with E-state index in [2.05, 4.69) is 6.92 Å². The molecule has 73 valence electrons. The summed E-state index contributed by atoms with van der Waals surface area (Å²) in [4.78, 5) is 10.1. The third-order valence-corrected chi connectivity index (χ3v) is 1.74. The Hall–Kier alpha value is -0.0105. The fraction of sp³-hybridized carbons (Fsp3) is 0.889. The summed E-state index contributed by atoms with van der Waals surface area (Å²) in [5.41, 5.74) is 0. The molecule has 0 spiro atoms. The van der Waals surface area contributed by atoms with Gasteiger partial charge in [-0.05, 0) is 6.42 Å². The van der Waals surface area contributed by atoms with Gasteiger partial charge in [0.1, 0.15) is 0 Å². The smallest absolute Gasteiger partial charge is 0.303 e. The third-order valence-electron chi connectivity index (χ3n) is 1.74. The molecular weight excluding hydrogens is 195 g/mol. The molecule has 0 aliphatic heterocycles. The van der Waals surface area contributed by atoms with Gasteiger partial charge in [-0.3, -0.25) is 4.79 Å². The summed E-state index contributed by atoms with van der Waals surface area (Å²) in [6.07, 6.45) is 7.25. The first-order chi connectivity index (χ1) is 5.27. The van der Waals surface area contributed by atoms with Crippen LogP contribution in [0.1, 0.15) is 51.9 Å². The van der Waals surface area contributed by atoms with Crippen molar-refractivity contribution in [3.05, 3.63) is 0 Å². The Bertz CT molecular complexity index is 105. The van der Waals surface area contributed by atoms with Crippen LogP contribution >= 0.6 is 0 Å². The van der Waals surface area contributed by atoms with E-state index in [-0.39, 0.29) is 17.1 Å². The Kier molecular flexibility index (Phi) is 13.3. The van der Waals surface area contributed by atoms with Crippen molar-refractivity contribution in [1.82, 2.24) is 0 Å². The molecule has 0 aliphatic rings. The molecule has 0 heterocycles. The molecule has 0 amide bonds. The quantitative estimate of drug-likeness (QED) is 0.521. The van der Waals surface area contributed by atoms with Crippen LogP contribution in [0.15, 0.2) is 0 Å². The number of carbonyl (C=O) groups is 1. The average molecular weight is 213 g/mol. The number of unbranched alkanes of at least 4 members (excludes halogenated alkanes) is 5. The summed E-state index contributed by atoms with van der Waals surface area (Å²) in [6, 6.07) is 0. The number of carboxylic acid groups (broad SMARTS) is 1. The maximum absolute atomic E-state index is 10.1. The van der Waals surface area contributed by atoms with Crippen molar-refractivity contribution in [3.63, 3.8) is 0 Å². The van der Waals surface area contributed by atoms with Crippen molar-refractivity contribution in [1.29, 1.82) is 0 Å². The summed E-state index contributed by atoms with van der Waals surface area (Å²) in [7, 11) is 0. The predicted octanol–water partition coefficient (Wildman–Crippen LogP) is 2.82. The molecule has 0 saturated heterocycles. The largest absolute Gasteiger partial charge is 0.481 e. The molecule has 0 bridgehead atoms. The summed E-state index contributed by atoms with van der Waals surface area (Å²) < 4.78 is 0. The van der Waals surface area contributed by atoms with Crippen LogP contribution < -0.4 is 0 Å². The third kappa shape index (κ3) is 12.6. The first-order valence-electron chi connectivity index (χ1n) is 4.49. The zero-order valence-electron chi connectivity index (χ0n) is 7.68. The molecule has 0 unspecified atom stereocenters. The Morgan fingerprint density at radius 2 is 1.58 bits per heavy atom. The molecule has 1 N–H and O–H groups in total. The molecule has 3 heteroatoms. The molecular formula is C9H18MnO2. The van der Waals surface area contributed by atoms with Gasteiger partial charge < -0.3 is 5.11 Å². The maximum atomic E-state index is 10.1. The minimum Gasteiger partial charge on any atom is -0.481 e. The summed E-state index contributed by atoms with van der Waals surface area (Å²) >= 11 is 0. The van der Waals surface area contributed by atoms with Gasteiger partial charge in [0, 0.05) is 23.5 Å². The molecule has 12 heavy (non-hydrogen) atoms. The first kappa shape index (κ1) is 14.5. The topological polar surface area (TPSA) is 37.3 Å². The van der Waals surface area contributed by atoms with Gasteiger partial charge in [-0.25, -0.2) is 0 Å². The van der Waals surface area contributed by atoms with Gasteiger partial charge in [-0.1, -0.05) is 39.0 Å². The van der Waals surface area contributed by atoms with E-state index in [1.165, 1.54) is 25.7 Å². The Balaban J connectivity index is 0. The van der Waals surface area contributed by atoms with Crippen molar-refractivity contribution >= 4 is 5.97 Å². The molecule has 0 saturated carbocycles. The van der Waals surface area contributed by atoms with Gasteiger partial charge in [0.25, 0.3) is 0 Å². The van der Waals surface area contributed by atoms with Crippen LogP contribution in [0.3, 0.4) is 0 Å². The van der Waals surface area contributed by atoms with Crippen LogP contribution in [0.5, 0.6) is 0 Å². The Morgan fingerprint density at radius 3 is 2.08 bits per heavy atom. The fourth-order valence-corrected chi connectivity index (χ4v) is 1.06. The molecule has 2 nitrogen and oxygen atoms in total. The molecule has 0 rings (SSSR count). The van der Waals surface area contributed by atoms with Gasteiger partial charge >= 0.3 is 5.97 Å². The second-order valence-corrected chi connectivity index (χ2v) is 2.91. The minimum atomic E-state index is -0.666. The van der Waals surface area contributed by atoms with E-state index in [9.17, 15) is 4.79 Å². The van der Waals surface area contributed by atoms with Gasteiger partial charge in [-0.2, -0.15) is 0 Å². The average Bonchev–Trinajstić information content (AvgIpc) is 1.96. The van der Waals surface area contributed by atoms with Crippen LogP contribution in [0, 0.1) is 0 Å². The maximum Gasteiger partial charge on any atom is 0.303 e. The van der Waals surface area contributed by atoms with E-state index in [1.54, 1.807) is 0 Å². The van der Waals surface area contributed by atoms with Crippen molar-refractivity contribution in [3.8, 4) is 0 Å². The minimum absolute atomic E-state index is 0. The van der Waals surface area contributed by atoms with Gasteiger partial charge in [-0.15, -0.1) is 0 Å². The number of aliphatic carboxylic acids is 1. The molecule has 0 atom stereocenters. The molecule has 0 aromatic heterocycles. The van der Waals surface area contributed by atoms with Crippen molar-refractivity contribution in [2.45, 2.75) is 51.9 Å². The Labute approximate surface area is 85.2 Å². The van der Waals surface area contributed by atoms with Crippen molar-refractivity contribution in [2.75, 3.05) is 0 Å². The van der Waals surface area contributed by atoms with Crippen LogP contribution in [-0.2, 0) is 21.9 Å². The van der Waals surface area contributed by atoms with Crippen LogP contribution in [0.4, 0.5) is 0 Å². The molecule has 0 aromatic rings. The van der Waals surface area contributed by atoms with E-state index in [4.69, 9.17) is 5.11 Å². The van der Waals surface area contributed by atoms with Gasteiger partial charge in [0.2, 0.25) is 0 Å². The van der Waals surface area contributed by atoms with E-state index >= 15 is 0 Å². The SMILES string of the molecule is CCCCCCCCC(=O)O.[Mn]. The monoisotopic (exact) mass is 213 g/mol. The predicted molar refractivity (Wildman–Crippen MR) is 45.6 cm³/mol. The fourth-order valence-electron chi connectivity index (χ4n) is 1.06. The van der Waals surface area contributed by atoms with Crippen LogP contribution in [0.25, 0.3) is 0 Å². The Morgan fingerprint density at radius 1 is 1.08 bits per heavy atom. The van der Waals surface area contributed by atoms with E-state index in [0.29, 0.717) is 6.42 Å². The zero-order valence-corrected chi connectivity index (χ0v) is 8.86. The van der Waals surface area contributed by atoms with E-state index in [0.717, 1.165) is 12.8 Å². The van der Waals surface area contributed by atoms with Gasteiger partial charge in [0.15, 0.2) is 0 Å². The van der Waals surface area contributed by atoms with E-state index in [1.807, 2.05) is 0 Å². The molecule has 0 aliphatic carbocycles. The normalized spacial score (nSPS) is 9.08. The summed E-state index contributed by atoms with van der Waals surface area (Å²) in [5.74, 6) is -0.666.